The second-order valence-corrected chi connectivity index (χ2v) is 7.44. The quantitative estimate of drug-likeness (QED) is 0.211. The second-order valence-electron chi connectivity index (χ2n) is 7.44. The summed E-state index contributed by atoms with van der Waals surface area (Å²) in [5.74, 6) is 2.67. The van der Waals surface area contributed by atoms with Gasteiger partial charge in [-0.3, -0.25) is 0 Å². The maximum atomic E-state index is 5.47. The van der Waals surface area contributed by atoms with Crippen LogP contribution >= 0.6 is 0 Å². The molecule has 2 N–H and O–H groups in total. The number of nitrogens with zero attached hydrogens (tertiary/aromatic N) is 4. The van der Waals surface area contributed by atoms with Crippen LogP contribution in [0.1, 0.15) is 37.5 Å². The van der Waals surface area contributed by atoms with E-state index in [-0.39, 0.29) is 5.96 Å². The number of benzene rings is 3. The molecule has 9 heteroatoms. The Bertz CT molecular complexity index is 1120. The molecule has 0 aliphatic rings. The Morgan fingerprint density at radius 1 is 0.568 bits per heavy atom. The van der Waals surface area contributed by atoms with Gasteiger partial charge in [-0.25, -0.2) is 10.9 Å². The molecule has 37 heavy (non-hydrogen) atoms. The topological polar surface area (TPSA) is 101 Å². The van der Waals surface area contributed by atoms with Crippen LogP contribution in [-0.4, -0.2) is 44.4 Å². The van der Waals surface area contributed by atoms with Gasteiger partial charge in [0.2, 0.25) is 0 Å². The molecule has 0 spiro atoms. The molecule has 9 nitrogen and oxygen atoms in total. The zero-order valence-corrected chi connectivity index (χ0v) is 21.3. The zero-order valence-electron chi connectivity index (χ0n) is 21.3. The average molecular weight is 501 g/mol. The van der Waals surface area contributed by atoms with E-state index in [1.165, 1.54) is 0 Å². The molecule has 3 rings (SSSR count). The predicted molar refractivity (Wildman–Crippen MR) is 149 cm³/mol. The molecule has 3 aromatic rings. The van der Waals surface area contributed by atoms with Crippen LogP contribution in [0.4, 0.5) is 0 Å². The first-order chi connectivity index (χ1) is 18.2. The maximum Gasteiger partial charge on any atom is 0.257 e. The van der Waals surface area contributed by atoms with Crippen molar-refractivity contribution < 1.29 is 14.2 Å². The van der Waals surface area contributed by atoms with Crippen molar-refractivity contribution in [2.45, 2.75) is 20.8 Å². The Morgan fingerprint density at radius 2 is 0.919 bits per heavy atom. The van der Waals surface area contributed by atoms with E-state index >= 15 is 0 Å². The highest BCUT2D eigenvalue weighted by Gasteiger charge is 1.97. The Labute approximate surface area is 217 Å². The van der Waals surface area contributed by atoms with Crippen LogP contribution in [0.25, 0.3) is 0 Å². The highest BCUT2D eigenvalue weighted by atomic mass is 16.5. The molecule has 0 saturated carbocycles. The van der Waals surface area contributed by atoms with Crippen molar-refractivity contribution in [2.24, 2.45) is 20.4 Å². The molecule has 192 valence electrons. The Hall–Kier alpha value is -4.66. The molecule has 3 aromatic carbocycles. The summed E-state index contributed by atoms with van der Waals surface area (Å²) >= 11 is 0. The average Bonchev–Trinajstić information content (AvgIpc) is 2.92. The molecule has 0 unspecified atom stereocenters. The van der Waals surface area contributed by atoms with Crippen LogP contribution in [0.15, 0.2) is 93.2 Å². The number of guanidine groups is 1. The largest absolute Gasteiger partial charge is 0.494 e. The van der Waals surface area contributed by atoms with Gasteiger partial charge in [0.15, 0.2) is 0 Å². The summed E-state index contributed by atoms with van der Waals surface area (Å²) in [7, 11) is 0. The van der Waals surface area contributed by atoms with Crippen molar-refractivity contribution in [1.29, 1.82) is 0 Å². The summed E-state index contributed by atoms with van der Waals surface area (Å²) in [5, 5.41) is 16.8. The molecule has 0 amide bonds. The molecule has 0 fully saturated rings. The summed E-state index contributed by atoms with van der Waals surface area (Å²) in [6, 6.07) is 22.8. The van der Waals surface area contributed by atoms with Gasteiger partial charge in [0, 0.05) is 0 Å². The van der Waals surface area contributed by atoms with Crippen LogP contribution < -0.4 is 25.1 Å². The maximum absolute atomic E-state index is 5.47. The van der Waals surface area contributed by atoms with Gasteiger partial charge >= 0.3 is 0 Å². The smallest absolute Gasteiger partial charge is 0.257 e. The van der Waals surface area contributed by atoms with Crippen molar-refractivity contribution in [2.75, 3.05) is 19.8 Å². The molecule has 0 heterocycles. The fourth-order valence-corrected chi connectivity index (χ4v) is 3.01. The summed E-state index contributed by atoms with van der Waals surface area (Å²) in [5.41, 5.74) is 8.35. The van der Waals surface area contributed by atoms with E-state index in [4.69, 9.17) is 14.2 Å². The van der Waals surface area contributed by atoms with E-state index in [1.807, 2.05) is 93.6 Å². The molecular weight excluding hydrogens is 468 g/mol. The molecule has 0 aromatic heterocycles. The number of ether oxygens (including phenoxy) is 3. The van der Waals surface area contributed by atoms with Gasteiger partial charge in [0.1, 0.15) is 17.2 Å². The van der Waals surface area contributed by atoms with Crippen molar-refractivity contribution in [3.05, 3.63) is 89.5 Å². The van der Waals surface area contributed by atoms with Gasteiger partial charge in [-0.15, -0.1) is 5.10 Å². The van der Waals surface area contributed by atoms with E-state index in [0.29, 0.717) is 19.8 Å². The summed E-state index contributed by atoms with van der Waals surface area (Å²) in [6.07, 6.45) is 4.96. The lowest BCUT2D eigenvalue weighted by atomic mass is 10.2. The summed E-state index contributed by atoms with van der Waals surface area (Å²) in [4.78, 5) is 0. The van der Waals surface area contributed by atoms with Gasteiger partial charge in [0.05, 0.1) is 38.5 Å². The Morgan fingerprint density at radius 3 is 1.27 bits per heavy atom. The molecule has 0 aliphatic heterocycles. The SMILES string of the molecule is CCOc1ccc(/C=N/N=C(N/N=C/c2ccc(OCC)cc2)N/N=C/c2ccc(OCC)cc2)cc1. The molecule has 0 radical (unpaired) electrons. The first kappa shape index (κ1) is 26.9. The minimum Gasteiger partial charge on any atom is -0.494 e. The molecule has 0 atom stereocenters. The third kappa shape index (κ3) is 9.85. The third-order valence-electron chi connectivity index (χ3n) is 4.71. The molecule has 0 bridgehead atoms. The zero-order chi connectivity index (χ0) is 26.1. The fourth-order valence-electron chi connectivity index (χ4n) is 3.01. The first-order valence-corrected chi connectivity index (χ1v) is 12.1. The number of hydrogen-bond donors (Lipinski definition) is 2. The lowest BCUT2D eigenvalue weighted by molar-refractivity contribution is 0.340. The number of nitrogens with one attached hydrogen (secondary N) is 2. The standard InChI is InChI=1S/C28H32N6O3/c1-4-35-25-13-7-22(8-14-25)19-29-32-28(33-30-20-23-9-15-26(16-10-23)36-5-2)34-31-21-24-11-17-27(18-12-24)37-6-3/h7-21H,4-6H2,1-3H3,(H2,32,33,34)/b29-19+,30-20+,31-21+. The fraction of sp³-hybridized carbons (Fsp3) is 0.214. The highest BCUT2D eigenvalue weighted by molar-refractivity contribution is 5.86. The van der Waals surface area contributed by atoms with Gasteiger partial charge in [0.25, 0.3) is 5.96 Å². The van der Waals surface area contributed by atoms with Crippen LogP contribution in [0.3, 0.4) is 0 Å². The van der Waals surface area contributed by atoms with E-state index in [2.05, 4.69) is 31.3 Å². The minimum atomic E-state index is 0.242. The normalized spacial score (nSPS) is 11.1. The lowest BCUT2D eigenvalue weighted by Gasteiger charge is -2.04. The lowest BCUT2D eigenvalue weighted by Crippen LogP contribution is -2.30. The molecule has 0 aliphatic carbocycles. The summed E-state index contributed by atoms with van der Waals surface area (Å²) in [6.45, 7) is 7.70. The summed E-state index contributed by atoms with van der Waals surface area (Å²) < 4.78 is 16.4. The third-order valence-corrected chi connectivity index (χ3v) is 4.71. The molecular formula is C28H32N6O3. The number of hydrogen-bond acceptors (Lipinski definition) is 7. The van der Waals surface area contributed by atoms with Crippen molar-refractivity contribution in [1.82, 2.24) is 10.9 Å². The second kappa shape index (κ2) is 15.4. The van der Waals surface area contributed by atoms with E-state index in [1.54, 1.807) is 18.6 Å². The van der Waals surface area contributed by atoms with Gasteiger partial charge < -0.3 is 14.2 Å². The van der Waals surface area contributed by atoms with Crippen LogP contribution in [0.2, 0.25) is 0 Å². The van der Waals surface area contributed by atoms with E-state index < -0.39 is 0 Å². The van der Waals surface area contributed by atoms with Gasteiger partial charge in [-0.1, -0.05) is 0 Å². The minimum absolute atomic E-state index is 0.242. The monoisotopic (exact) mass is 500 g/mol. The van der Waals surface area contributed by atoms with Crippen molar-refractivity contribution in [3.8, 4) is 17.2 Å². The van der Waals surface area contributed by atoms with Crippen LogP contribution in [0, 0.1) is 0 Å². The van der Waals surface area contributed by atoms with Gasteiger partial charge in [-0.05, 0) is 110 Å². The van der Waals surface area contributed by atoms with Crippen molar-refractivity contribution in [3.63, 3.8) is 0 Å². The Kier molecular flexibility index (Phi) is 11.2. The van der Waals surface area contributed by atoms with Crippen molar-refractivity contribution >= 4 is 24.6 Å². The highest BCUT2D eigenvalue weighted by Crippen LogP contribution is 2.12. The van der Waals surface area contributed by atoms with E-state index in [9.17, 15) is 0 Å². The number of hydrazone groups is 2. The van der Waals surface area contributed by atoms with E-state index in [0.717, 1.165) is 33.9 Å². The first-order valence-electron chi connectivity index (χ1n) is 12.1. The Balaban J connectivity index is 1.67. The van der Waals surface area contributed by atoms with Crippen LogP contribution in [0.5, 0.6) is 17.2 Å². The molecule has 0 saturated heterocycles. The van der Waals surface area contributed by atoms with Crippen LogP contribution in [-0.2, 0) is 0 Å². The van der Waals surface area contributed by atoms with Gasteiger partial charge in [-0.2, -0.15) is 15.3 Å². The predicted octanol–water partition coefficient (Wildman–Crippen LogP) is 4.82. The number of rotatable bonds is 12.